The summed E-state index contributed by atoms with van der Waals surface area (Å²) in [6.07, 6.45) is 1.71. The van der Waals surface area contributed by atoms with Crippen LogP contribution < -0.4 is 5.73 Å². The second kappa shape index (κ2) is 5.48. The summed E-state index contributed by atoms with van der Waals surface area (Å²) in [5, 5.41) is 1.86. The first-order chi connectivity index (χ1) is 8.08. The van der Waals surface area contributed by atoms with Gasteiger partial charge in [-0.3, -0.25) is 0 Å². The van der Waals surface area contributed by atoms with Crippen molar-refractivity contribution in [2.75, 3.05) is 5.73 Å². The van der Waals surface area contributed by atoms with Crippen molar-refractivity contribution in [1.29, 1.82) is 0 Å². The monoisotopic (exact) mass is 348 g/mol. The maximum Gasteiger partial charge on any atom is 0.115 e. The Morgan fingerprint density at radius 1 is 1.24 bits per heavy atom. The third-order valence-corrected chi connectivity index (χ3v) is 4.83. The van der Waals surface area contributed by atoms with Crippen molar-refractivity contribution in [1.82, 2.24) is 4.98 Å². The van der Waals surface area contributed by atoms with Gasteiger partial charge in [0.2, 0.25) is 0 Å². The molecule has 2 N–H and O–H groups in total. The fourth-order valence-corrected chi connectivity index (χ4v) is 3.24. The highest BCUT2D eigenvalue weighted by Gasteiger charge is 2.11. The molecule has 2 nitrogen and oxygen atoms in total. The first-order valence-electron chi connectivity index (χ1n) is 4.61. The lowest BCUT2D eigenvalue weighted by atomic mass is 10.3. The third kappa shape index (κ3) is 3.07. The molecule has 0 aliphatic rings. The minimum absolute atomic E-state index is 0.526. The molecule has 88 valence electrons. The molecule has 0 atom stereocenters. The first kappa shape index (κ1) is 13.0. The van der Waals surface area contributed by atoms with Gasteiger partial charge in [0.05, 0.1) is 19.4 Å². The standard InChI is InChI=1S/C11H7BrCl2N2S/c12-7-2-1-3-16-11(7)17-10-8(13)4-6(15)5-9(10)14/h1-5H,15H2. The van der Waals surface area contributed by atoms with Crippen LogP contribution in [0.5, 0.6) is 0 Å². The van der Waals surface area contributed by atoms with Crippen LogP contribution >= 0.6 is 50.9 Å². The fraction of sp³-hybridized carbons (Fsp3) is 0. The molecular weight excluding hydrogens is 343 g/mol. The van der Waals surface area contributed by atoms with Crippen LogP contribution in [0.15, 0.2) is 44.9 Å². The Balaban J connectivity index is 2.40. The smallest absolute Gasteiger partial charge is 0.115 e. The molecule has 2 aromatic rings. The average Bonchev–Trinajstić information content (AvgIpc) is 2.25. The van der Waals surface area contributed by atoms with Crippen LogP contribution in [0, 0.1) is 0 Å². The lowest BCUT2D eigenvalue weighted by molar-refractivity contribution is 1.11. The molecule has 17 heavy (non-hydrogen) atoms. The number of benzene rings is 1. The van der Waals surface area contributed by atoms with E-state index in [0.717, 1.165) is 14.4 Å². The number of halogens is 3. The van der Waals surface area contributed by atoms with Crippen LogP contribution in [0.3, 0.4) is 0 Å². The molecule has 6 heteroatoms. The number of aromatic nitrogens is 1. The van der Waals surface area contributed by atoms with Gasteiger partial charge in [0, 0.05) is 11.9 Å². The lowest BCUT2D eigenvalue weighted by Crippen LogP contribution is -1.88. The van der Waals surface area contributed by atoms with Gasteiger partial charge in [-0.15, -0.1) is 0 Å². The predicted molar refractivity (Wildman–Crippen MR) is 76.9 cm³/mol. The van der Waals surface area contributed by atoms with E-state index in [1.165, 1.54) is 11.8 Å². The zero-order chi connectivity index (χ0) is 12.4. The van der Waals surface area contributed by atoms with E-state index in [0.29, 0.717) is 15.7 Å². The average molecular weight is 350 g/mol. The maximum atomic E-state index is 6.11. The van der Waals surface area contributed by atoms with E-state index >= 15 is 0 Å². The topological polar surface area (TPSA) is 38.9 Å². The van der Waals surface area contributed by atoms with Gasteiger partial charge in [-0.25, -0.2) is 4.98 Å². The minimum Gasteiger partial charge on any atom is -0.399 e. The van der Waals surface area contributed by atoms with Crippen LogP contribution in [0.2, 0.25) is 10.0 Å². The summed E-state index contributed by atoms with van der Waals surface area (Å²) in [4.78, 5) is 5.00. The van der Waals surface area contributed by atoms with E-state index < -0.39 is 0 Å². The molecule has 0 amide bonds. The molecule has 0 saturated carbocycles. The second-order valence-corrected chi connectivity index (χ2v) is 5.87. The Labute approximate surface area is 122 Å². The Morgan fingerprint density at radius 2 is 1.88 bits per heavy atom. The van der Waals surface area contributed by atoms with Gasteiger partial charge >= 0.3 is 0 Å². The largest absolute Gasteiger partial charge is 0.399 e. The summed E-state index contributed by atoms with van der Waals surface area (Å²) in [6.45, 7) is 0. The number of pyridine rings is 1. The van der Waals surface area contributed by atoms with Gasteiger partial charge in [0.15, 0.2) is 0 Å². The molecule has 1 aromatic carbocycles. The van der Waals surface area contributed by atoms with Gasteiger partial charge in [0.25, 0.3) is 0 Å². The van der Waals surface area contributed by atoms with E-state index in [2.05, 4.69) is 20.9 Å². The zero-order valence-corrected chi connectivity index (χ0v) is 12.4. The Hall–Kier alpha value is -0.420. The van der Waals surface area contributed by atoms with Gasteiger partial charge in [-0.1, -0.05) is 35.0 Å². The van der Waals surface area contributed by atoms with Crippen molar-refractivity contribution in [3.8, 4) is 0 Å². The van der Waals surface area contributed by atoms with Crippen molar-refractivity contribution in [2.24, 2.45) is 0 Å². The van der Waals surface area contributed by atoms with Gasteiger partial charge < -0.3 is 5.73 Å². The summed E-state index contributed by atoms with van der Waals surface area (Å²) >= 11 is 17.0. The molecule has 0 aliphatic carbocycles. The molecule has 0 saturated heterocycles. The molecule has 0 unspecified atom stereocenters. The first-order valence-corrected chi connectivity index (χ1v) is 6.97. The highest BCUT2D eigenvalue weighted by atomic mass is 79.9. The maximum absolute atomic E-state index is 6.11. The van der Waals surface area contributed by atoms with E-state index in [9.17, 15) is 0 Å². The quantitative estimate of drug-likeness (QED) is 0.785. The molecule has 0 fully saturated rings. The Kier molecular flexibility index (Phi) is 4.20. The molecular formula is C11H7BrCl2N2S. The number of nitrogen functional groups attached to an aromatic ring is 1. The number of nitrogens with two attached hydrogens (primary N) is 1. The molecule has 0 radical (unpaired) electrons. The van der Waals surface area contributed by atoms with Crippen molar-refractivity contribution in [3.63, 3.8) is 0 Å². The Bertz CT molecular complexity index is 540. The van der Waals surface area contributed by atoms with Gasteiger partial charge in [-0.2, -0.15) is 0 Å². The normalized spacial score (nSPS) is 10.5. The fourth-order valence-electron chi connectivity index (χ4n) is 1.22. The highest BCUT2D eigenvalue weighted by molar-refractivity contribution is 9.10. The van der Waals surface area contributed by atoms with Crippen molar-refractivity contribution >= 4 is 56.6 Å². The molecule has 2 rings (SSSR count). The summed E-state index contributed by atoms with van der Waals surface area (Å²) < 4.78 is 0.897. The molecule has 0 bridgehead atoms. The molecule has 0 aliphatic heterocycles. The van der Waals surface area contributed by atoms with Crippen LogP contribution in [-0.4, -0.2) is 4.98 Å². The van der Waals surface area contributed by atoms with E-state index in [1.807, 2.05) is 12.1 Å². The van der Waals surface area contributed by atoms with Crippen LogP contribution in [-0.2, 0) is 0 Å². The number of hydrogen-bond donors (Lipinski definition) is 1. The number of rotatable bonds is 2. The van der Waals surface area contributed by atoms with Gasteiger partial charge in [0.1, 0.15) is 5.03 Å². The molecule has 1 aromatic heterocycles. The summed E-state index contributed by atoms with van der Waals surface area (Å²) in [5.41, 5.74) is 6.19. The summed E-state index contributed by atoms with van der Waals surface area (Å²) in [5.74, 6) is 0. The third-order valence-electron chi connectivity index (χ3n) is 1.94. The minimum atomic E-state index is 0.526. The Morgan fingerprint density at radius 3 is 2.47 bits per heavy atom. The lowest BCUT2D eigenvalue weighted by Gasteiger charge is -2.08. The van der Waals surface area contributed by atoms with Crippen molar-refractivity contribution in [3.05, 3.63) is 45.0 Å². The van der Waals surface area contributed by atoms with Crippen LogP contribution in [0.1, 0.15) is 0 Å². The van der Waals surface area contributed by atoms with Crippen LogP contribution in [0.25, 0.3) is 0 Å². The van der Waals surface area contributed by atoms with Crippen molar-refractivity contribution in [2.45, 2.75) is 9.92 Å². The number of anilines is 1. The van der Waals surface area contributed by atoms with E-state index in [-0.39, 0.29) is 0 Å². The number of hydrogen-bond acceptors (Lipinski definition) is 3. The van der Waals surface area contributed by atoms with E-state index in [4.69, 9.17) is 28.9 Å². The van der Waals surface area contributed by atoms with E-state index in [1.54, 1.807) is 18.3 Å². The second-order valence-electron chi connectivity index (χ2n) is 3.21. The molecule has 1 heterocycles. The zero-order valence-electron chi connectivity index (χ0n) is 8.45. The van der Waals surface area contributed by atoms with Gasteiger partial charge in [-0.05, 0) is 40.2 Å². The SMILES string of the molecule is Nc1cc(Cl)c(Sc2ncccc2Br)c(Cl)c1. The molecule has 0 spiro atoms. The van der Waals surface area contributed by atoms with Crippen LogP contribution in [0.4, 0.5) is 5.69 Å². The highest BCUT2D eigenvalue weighted by Crippen LogP contribution is 2.41. The number of nitrogens with zero attached hydrogens (tertiary/aromatic N) is 1. The summed E-state index contributed by atoms with van der Waals surface area (Å²) in [7, 11) is 0. The van der Waals surface area contributed by atoms with Crippen molar-refractivity contribution < 1.29 is 0 Å². The summed E-state index contributed by atoms with van der Waals surface area (Å²) in [6, 6.07) is 7.11. The predicted octanol–water partition coefficient (Wildman–Crippen LogP) is 4.88.